The third-order valence-corrected chi connectivity index (χ3v) is 5.35. The average molecular weight is 332 g/mol. The van der Waals surface area contributed by atoms with E-state index in [1.54, 1.807) is 11.3 Å². The first-order chi connectivity index (χ1) is 11.7. The second-order valence-electron chi connectivity index (χ2n) is 5.88. The van der Waals surface area contributed by atoms with Crippen molar-refractivity contribution >= 4 is 22.6 Å². The molecule has 0 radical (unpaired) electrons. The second kappa shape index (κ2) is 5.73. The summed E-state index contributed by atoms with van der Waals surface area (Å²) in [6.07, 6.45) is 2.89. The molecule has 0 saturated heterocycles. The quantitative estimate of drug-likeness (QED) is 0.486. The van der Waals surface area contributed by atoms with E-state index in [0.717, 1.165) is 32.9 Å². The lowest BCUT2D eigenvalue weighted by atomic mass is 10.0. The first-order valence-electron chi connectivity index (χ1n) is 7.77. The number of rotatable bonds is 3. The molecule has 4 aromatic rings. The molecule has 118 valence electrons. The molecule has 2 aromatic heterocycles. The molecular weight excluding hydrogens is 316 g/mol. The smallest absolute Gasteiger partial charge is 0.195 e. The number of carbonyl (C=O) groups is 1. The van der Waals surface area contributed by atoms with Gasteiger partial charge in [-0.15, -0.1) is 0 Å². The van der Waals surface area contributed by atoms with Crippen LogP contribution in [0.25, 0.3) is 26.7 Å². The molecule has 0 fully saturated rings. The summed E-state index contributed by atoms with van der Waals surface area (Å²) in [5.74, 6) is 0. The highest BCUT2D eigenvalue weighted by Crippen LogP contribution is 2.33. The number of fused-ring (bicyclic) bond motifs is 1. The van der Waals surface area contributed by atoms with Crippen LogP contribution < -0.4 is 0 Å². The Bertz CT molecular complexity index is 1040. The van der Waals surface area contributed by atoms with Crippen LogP contribution in [0.1, 0.15) is 21.6 Å². The fraction of sp³-hybridized carbons (Fsp3) is 0.100. The van der Waals surface area contributed by atoms with Gasteiger partial charge in [-0.1, -0.05) is 53.8 Å². The highest BCUT2D eigenvalue weighted by molar-refractivity contribution is 7.20. The molecule has 4 rings (SSSR count). The number of hydrogen-bond donors (Lipinski definition) is 0. The molecular formula is C20H16N2OS. The molecule has 24 heavy (non-hydrogen) atoms. The minimum absolute atomic E-state index is 0.603. The van der Waals surface area contributed by atoms with Crippen molar-refractivity contribution in [2.75, 3.05) is 0 Å². The van der Waals surface area contributed by atoms with E-state index in [-0.39, 0.29) is 0 Å². The van der Waals surface area contributed by atoms with E-state index in [0.29, 0.717) is 5.69 Å². The van der Waals surface area contributed by atoms with Crippen LogP contribution in [-0.4, -0.2) is 15.7 Å². The second-order valence-corrected chi connectivity index (χ2v) is 6.89. The minimum atomic E-state index is 0.603. The largest absolute Gasteiger partial charge is 0.296 e. The summed E-state index contributed by atoms with van der Waals surface area (Å²) in [4.78, 5) is 18.4. The zero-order valence-corrected chi connectivity index (χ0v) is 14.3. The van der Waals surface area contributed by atoms with Crippen LogP contribution >= 0.6 is 11.3 Å². The van der Waals surface area contributed by atoms with Crippen molar-refractivity contribution in [2.24, 2.45) is 0 Å². The predicted octanol–water partition coefficient (Wildman–Crippen LogP) is 5.16. The summed E-state index contributed by atoms with van der Waals surface area (Å²) < 4.78 is 1.89. The van der Waals surface area contributed by atoms with E-state index in [2.05, 4.69) is 38.1 Å². The first kappa shape index (κ1) is 14.8. The molecule has 2 aromatic carbocycles. The molecule has 0 N–H and O–H groups in total. The van der Waals surface area contributed by atoms with E-state index >= 15 is 0 Å². The van der Waals surface area contributed by atoms with E-state index in [1.807, 2.05) is 34.9 Å². The predicted molar refractivity (Wildman–Crippen MR) is 98.8 cm³/mol. The van der Waals surface area contributed by atoms with E-state index < -0.39 is 0 Å². The number of nitrogens with zero attached hydrogens (tertiary/aromatic N) is 2. The molecule has 2 heterocycles. The van der Waals surface area contributed by atoms with Gasteiger partial charge in [0.2, 0.25) is 0 Å². The van der Waals surface area contributed by atoms with Gasteiger partial charge in [-0.3, -0.25) is 9.20 Å². The summed E-state index contributed by atoms with van der Waals surface area (Å²) in [6, 6.07) is 16.3. The van der Waals surface area contributed by atoms with Crippen molar-refractivity contribution < 1.29 is 4.79 Å². The summed E-state index contributed by atoms with van der Waals surface area (Å²) in [5, 5.41) is 0. The van der Waals surface area contributed by atoms with Crippen LogP contribution in [0.15, 0.2) is 54.7 Å². The van der Waals surface area contributed by atoms with Gasteiger partial charge in [0, 0.05) is 11.8 Å². The summed E-state index contributed by atoms with van der Waals surface area (Å²) in [5.41, 5.74) is 5.91. The van der Waals surface area contributed by atoms with E-state index in [4.69, 9.17) is 4.98 Å². The van der Waals surface area contributed by atoms with Gasteiger partial charge in [-0.05, 0) is 36.6 Å². The SMILES string of the molecule is Cc1ccc(-c2nc3sc(-c4ccccc4)cn3c2C=O)cc1C. The van der Waals surface area contributed by atoms with Gasteiger partial charge in [-0.2, -0.15) is 0 Å². The van der Waals surface area contributed by atoms with Gasteiger partial charge >= 0.3 is 0 Å². The molecule has 0 saturated carbocycles. The van der Waals surface area contributed by atoms with Gasteiger partial charge in [0.1, 0.15) is 11.4 Å². The Hall–Kier alpha value is -2.72. The molecule has 0 bridgehead atoms. The average Bonchev–Trinajstić information content (AvgIpc) is 3.15. The maximum Gasteiger partial charge on any atom is 0.195 e. The van der Waals surface area contributed by atoms with Gasteiger partial charge in [-0.25, -0.2) is 4.98 Å². The number of carbonyl (C=O) groups excluding carboxylic acids is 1. The van der Waals surface area contributed by atoms with E-state index in [9.17, 15) is 4.79 Å². The maximum absolute atomic E-state index is 11.7. The fourth-order valence-electron chi connectivity index (χ4n) is 2.81. The van der Waals surface area contributed by atoms with Gasteiger partial charge in [0.05, 0.1) is 4.88 Å². The molecule has 0 aliphatic heterocycles. The molecule has 0 aliphatic rings. The Morgan fingerprint density at radius 2 is 1.79 bits per heavy atom. The molecule has 4 heteroatoms. The van der Waals surface area contributed by atoms with Crippen molar-refractivity contribution in [2.45, 2.75) is 13.8 Å². The zero-order chi connectivity index (χ0) is 16.7. The molecule has 0 spiro atoms. The highest BCUT2D eigenvalue weighted by atomic mass is 32.1. The van der Waals surface area contributed by atoms with Crippen molar-refractivity contribution in [1.29, 1.82) is 0 Å². The summed E-state index contributed by atoms with van der Waals surface area (Å²) in [6.45, 7) is 4.16. The Morgan fingerprint density at radius 3 is 2.50 bits per heavy atom. The monoisotopic (exact) mass is 332 g/mol. The van der Waals surface area contributed by atoms with Gasteiger partial charge < -0.3 is 0 Å². The molecule has 0 aliphatic carbocycles. The zero-order valence-electron chi connectivity index (χ0n) is 13.5. The summed E-state index contributed by atoms with van der Waals surface area (Å²) in [7, 11) is 0. The Morgan fingerprint density at radius 1 is 1.00 bits per heavy atom. The van der Waals surface area contributed by atoms with Crippen LogP contribution in [0, 0.1) is 13.8 Å². The van der Waals surface area contributed by atoms with Crippen molar-refractivity contribution in [3.63, 3.8) is 0 Å². The standard InChI is InChI=1S/C20H16N2OS/c1-13-8-9-16(10-14(13)2)19-17(12-23)22-11-18(24-20(22)21-19)15-6-4-3-5-7-15/h3-12H,1-2H3. The van der Waals surface area contributed by atoms with Crippen LogP contribution in [0.4, 0.5) is 0 Å². The molecule has 0 unspecified atom stereocenters. The third kappa shape index (κ3) is 2.36. The number of thiazole rings is 1. The Balaban J connectivity index is 1.88. The topological polar surface area (TPSA) is 34.4 Å². The lowest BCUT2D eigenvalue weighted by molar-refractivity contribution is 0.111. The first-order valence-corrected chi connectivity index (χ1v) is 8.59. The van der Waals surface area contributed by atoms with Crippen LogP contribution in [-0.2, 0) is 0 Å². The van der Waals surface area contributed by atoms with Crippen LogP contribution in [0.2, 0.25) is 0 Å². The number of aryl methyl sites for hydroxylation is 2. The number of aromatic nitrogens is 2. The van der Waals surface area contributed by atoms with Gasteiger partial charge in [0.15, 0.2) is 11.2 Å². The number of imidazole rings is 1. The summed E-state index contributed by atoms with van der Waals surface area (Å²) >= 11 is 1.60. The fourth-order valence-corrected chi connectivity index (χ4v) is 3.81. The minimum Gasteiger partial charge on any atom is -0.296 e. The van der Waals surface area contributed by atoms with Crippen LogP contribution in [0.3, 0.4) is 0 Å². The lowest BCUT2D eigenvalue weighted by Gasteiger charge is -2.03. The van der Waals surface area contributed by atoms with Crippen molar-refractivity contribution in [3.05, 3.63) is 71.5 Å². The van der Waals surface area contributed by atoms with Crippen molar-refractivity contribution in [1.82, 2.24) is 9.38 Å². The Labute approximate surface area is 144 Å². The Kier molecular flexibility index (Phi) is 3.54. The molecule has 3 nitrogen and oxygen atoms in total. The molecule has 0 amide bonds. The van der Waals surface area contributed by atoms with E-state index in [1.165, 1.54) is 11.1 Å². The maximum atomic E-state index is 11.7. The highest BCUT2D eigenvalue weighted by Gasteiger charge is 2.17. The normalized spacial score (nSPS) is 11.1. The van der Waals surface area contributed by atoms with Gasteiger partial charge in [0.25, 0.3) is 0 Å². The third-order valence-electron chi connectivity index (χ3n) is 4.31. The number of benzene rings is 2. The van der Waals surface area contributed by atoms with Crippen molar-refractivity contribution in [3.8, 4) is 21.7 Å². The van der Waals surface area contributed by atoms with Crippen LogP contribution in [0.5, 0.6) is 0 Å². The lowest BCUT2D eigenvalue weighted by Crippen LogP contribution is -1.91. The molecule has 0 atom stereocenters. The number of hydrogen-bond acceptors (Lipinski definition) is 3. The number of aldehydes is 1.